The molecule has 1 unspecified atom stereocenters. The third-order valence-electron chi connectivity index (χ3n) is 6.29. The summed E-state index contributed by atoms with van der Waals surface area (Å²) in [7, 11) is 0. The van der Waals surface area contributed by atoms with Gasteiger partial charge in [-0.05, 0) is 43.7 Å². The summed E-state index contributed by atoms with van der Waals surface area (Å²) in [6.07, 6.45) is 6.45. The van der Waals surface area contributed by atoms with Crippen LogP contribution in [0.15, 0.2) is 36.8 Å². The van der Waals surface area contributed by atoms with Gasteiger partial charge in [0.25, 0.3) is 5.91 Å². The van der Waals surface area contributed by atoms with Gasteiger partial charge in [0.1, 0.15) is 17.3 Å². The van der Waals surface area contributed by atoms with Crippen LogP contribution >= 0.6 is 11.3 Å². The predicted molar refractivity (Wildman–Crippen MR) is 113 cm³/mol. The number of hydrogen-bond donors (Lipinski definition) is 0. The van der Waals surface area contributed by atoms with Gasteiger partial charge in [-0.25, -0.2) is 24.3 Å². The molecule has 5 heterocycles. The van der Waals surface area contributed by atoms with E-state index in [-0.39, 0.29) is 23.9 Å². The quantitative estimate of drug-likeness (QED) is 0.602. The average Bonchev–Trinajstić information content (AvgIpc) is 3.14. The van der Waals surface area contributed by atoms with E-state index in [1.807, 2.05) is 11.8 Å². The molecule has 3 aliphatic rings. The normalized spacial score (nSPS) is 24.5. The number of aryl methyl sites for hydroxylation is 1. The van der Waals surface area contributed by atoms with E-state index in [0.29, 0.717) is 34.8 Å². The molecule has 3 aromatic heterocycles. The minimum absolute atomic E-state index is 0.108. The number of rotatable bonds is 5. The van der Waals surface area contributed by atoms with E-state index < -0.39 is 5.82 Å². The molecule has 3 fully saturated rings. The number of amides is 1. The Hall–Kier alpha value is -2.94. The van der Waals surface area contributed by atoms with Gasteiger partial charge < -0.3 is 9.64 Å². The van der Waals surface area contributed by atoms with Crippen molar-refractivity contribution >= 4 is 17.2 Å². The fourth-order valence-electron chi connectivity index (χ4n) is 4.55. The zero-order chi connectivity index (χ0) is 21.5. The third kappa shape index (κ3) is 3.67. The van der Waals surface area contributed by atoms with Gasteiger partial charge in [-0.3, -0.25) is 4.79 Å². The second kappa shape index (κ2) is 7.96. The van der Waals surface area contributed by atoms with Gasteiger partial charge in [-0.2, -0.15) is 0 Å². The van der Waals surface area contributed by atoms with Crippen molar-refractivity contribution in [1.29, 1.82) is 0 Å². The highest BCUT2D eigenvalue weighted by atomic mass is 32.1. The van der Waals surface area contributed by atoms with Crippen LogP contribution in [0.5, 0.6) is 5.88 Å². The van der Waals surface area contributed by atoms with Crippen LogP contribution in [0.1, 0.15) is 35.3 Å². The number of pyridine rings is 1. The smallest absolute Gasteiger partial charge is 0.274 e. The number of thiazole rings is 1. The summed E-state index contributed by atoms with van der Waals surface area (Å²) < 4.78 is 19.0. The standard InChI is InChI=1S/C22H22FN5O2S/c1-12-14-8-16(9-14)28(17(12)11-30-18-5-4-15(23)10-26-18)22(29)19-20(31-13(2)27-19)21-24-6-3-7-25-21/h3-7,10,12,14,16-17H,8-9,11H2,1-2H3/t12-,14?,16?,17?/m0/s1. The number of carbonyl (C=O) groups is 1. The highest BCUT2D eigenvalue weighted by Crippen LogP contribution is 2.47. The number of halogens is 1. The highest BCUT2D eigenvalue weighted by molar-refractivity contribution is 7.15. The minimum atomic E-state index is -0.411. The van der Waals surface area contributed by atoms with E-state index in [2.05, 4.69) is 26.9 Å². The maximum Gasteiger partial charge on any atom is 0.274 e. The van der Waals surface area contributed by atoms with Crippen LogP contribution in [0.2, 0.25) is 0 Å². The maximum absolute atomic E-state index is 13.7. The Morgan fingerprint density at radius 1 is 1.26 bits per heavy atom. The van der Waals surface area contributed by atoms with Crippen LogP contribution in [0.4, 0.5) is 4.39 Å². The fourth-order valence-corrected chi connectivity index (χ4v) is 5.41. The van der Waals surface area contributed by atoms with Crippen LogP contribution in [0, 0.1) is 24.6 Å². The number of nitrogens with zero attached hydrogens (tertiary/aromatic N) is 5. The SMILES string of the molecule is Cc1nc(C(=O)N2C3CC(C3)[C@H](C)C2COc2ccc(F)cn2)c(-c2ncccn2)s1. The lowest BCUT2D eigenvalue weighted by Gasteiger charge is -2.56. The molecule has 31 heavy (non-hydrogen) atoms. The number of carbonyl (C=O) groups excluding carboxylic acids is 1. The molecule has 1 amide bonds. The van der Waals surface area contributed by atoms with E-state index >= 15 is 0 Å². The van der Waals surface area contributed by atoms with Gasteiger partial charge in [0.05, 0.1) is 17.2 Å². The van der Waals surface area contributed by atoms with E-state index in [4.69, 9.17) is 4.74 Å². The third-order valence-corrected chi connectivity index (χ3v) is 7.26. The Bertz CT molecular complexity index is 1090. The lowest BCUT2D eigenvalue weighted by molar-refractivity contribution is -0.0676. The molecule has 2 aliphatic heterocycles. The molecule has 1 aliphatic carbocycles. The largest absolute Gasteiger partial charge is 0.475 e. The molecule has 0 N–H and O–H groups in total. The van der Waals surface area contributed by atoms with Crippen molar-refractivity contribution in [3.63, 3.8) is 0 Å². The van der Waals surface area contributed by atoms with E-state index in [1.165, 1.54) is 23.5 Å². The molecular formula is C22H22FN5O2S. The highest BCUT2D eigenvalue weighted by Gasteiger charge is 2.51. The molecule has 7 nitrogen and oxygen atoms in total. The number of ether oxygens (including phenoxy) is 1. The zero-order valence-electron chi connectivity index (χ0n) is 17.2. The van der Waals surface area contributed by atoms with Gasteiger partial charge in [0.15, 0.2) is 11.5 Å². The summed E-state index contributed by atoms with van der Waals surface area (Å²) in [6, 6.07) is 4.64. The summed E-state index contributed by atoms with van der Waals surface area (Å²) in [6.45, 7) is 4.35. The van der Waals surface area contributed by atoms with Crippen molar-refractivity contribution in [2.75, 3.05) is 6.61 Å². The van der Waals surface area contributed by atoms with Crippen molar-refractivity contribution in [3.8, 4) is 16.6 Å². The second-order valence-electron chi connectivity index (χ2n) is 8.13. The first-order valence-corrected chi connectivity index (χ1v) is 11.1. The van der Waals surface area contributed by atoms with Crippen molar-refractivity contribution in [2.24, 2.45) is 11.8 Å². The number of hydrogen-bond acceptors (Lipinski definition) is 7. The number of fused-ring (bicyclic) bond motifs is 2. The summed E-state index contributed by atoms with van der Waals surface area (Å²) in [5.41, 5.74) is 0.399. The first kappa shape index (κ1) is 20.0. The molecule has 0 radical (unpaired) electrons. The lowest BCUT2D eigenvalue weighted by Crippen LogP contribution is -2.64. The van der Waals surface area contributed by atoms with Crippen LogP contribution in [-0.2, 0) is 0 Å². The summed E-state index contributed by atoms with van der Waals surface area (Å²) in [5, 5.41) is 0.797. The molecule has 2 saturated heterocycles. The fraction of sp³-hybridized carbons (Fsp3) is 0.409. The van der Waals surface area contributed by atoms with Gasteiger partial charge in [0, 0.05) is 24.5 Å². The Morgan fingerprint density at radius 3 is 2.74 bits per heavy atom. The Balaban J connectivity index is 1.43. The van der Waals surface area contributed by atoms with Gasteiger partial charge in [-0.1, -0.05) is 6.92 Å². The zero-order valence-corrected chi connectivity index (χ0v) is 18.1. The molecule has 2 bridgehead atoms. The minimum Gasteiger partial charge on any atom is -0.475 e. The molecule has 0 aromatic carbocycles. The Labute approximate surface area is 183 Å². The van der Waals surface area contributed by atoms with Crippen molar-refractivity contribution < 1.29 is 13.9 Å². The average molecular weight is 440 g/mol. The van der Waals surface area contributed by atoms with E-state index in [0.717, 1.165) is 24.0 Å². The Morgan fingerprint density at radius 2 is 2.03 bits per heavy atom. The molecule has 6 rings (SSSR count). The topological polar surface area (TPSA) is 81.1 Å². The van der Waals surface area contributed by atoms with Crippen molar-refractivity contribution in [1.82, 2.24) is 24.8 Å². The van der Waals surface area contributed by atoms with Crippen molar-refractivity contribution in [2.45, 2.75) is 38.8 Å². The molecule has 9 heteroatoms. The van der Waals surface area contributed by atoms with Crippen LogP contribution in [0.25, 0.3) is 10.7 Å². The van der Waals surface area contributed by atoms with Gasteiger partial charge >= 0.3 is 0 Å². The molecular weight excluding hydrogens is 417 g/mol. The maximum atomic E-state index is 13.7. The molecule has 1 saturated carbocycles. The number of aromatic nitrogens is 4. The predicted octanol–water partition coefficient (Wildman–Crippen LogP) is 3.76. The molecule has 0 spiro atoms. The number of piperidine rings is 2. The van der Waals surface area contributed by atoms with Gasteiger partial charge in [0.2, 0.25) is 5.88 Å². The first-order valence-electron chi connectivity index (χ1n) is 10.3. The second-order valence-corrected chi connectivity index (χ2v) is 9.34. The van der Waals surface area contributed by atoms with Crippen LogP contribution < -0.4 is 4.74 Å². The van der Waals surface area contributed by atoms with Gasteiger partial charge in [-0.15, -0.1) is 11.3 Å². The lowest BCUT2D eigenvalue weighted by atomic mass is 9.64. The van der Waals surface area contributed by atoms with Crippen LogP contribution in [0.3, 0.4) is 0 Å². The molecule has 160 valence electrons. The van der Waals surface area contributed by atoms with Crippen molar-refractivity contribution in [3.05, 3.63) is 53.3 Å². The summed E-state index contributed by atoms with van der Waals surface area (Å²) >= 11 is 1.43. The first-order chi connectivity index (χ1) is 15.0. The van der Waals surface area contributed by atoms with E-state index in [9.17, 15) is 9.18 Å². The monoisotopic (exact) mass is 439 g/mol. The molecule has 3 aromatic rings. The molecule has 2 atom stereocenters. The summed E-state index contributed by atoms with van der Waals surface area (Å²) in [5.74, 6) is 1.20. The Kier molecular flexibility index (Phi) is 5.13. The van der Waals surface area contributed by atoms with Crippen LogP contribution in [-0.4, -0.2) is 49.4 Å². The summed E-state index contributed by atoms with van der Waals surface area (Å²) in [4.78, 5) is 33.6. The van der Waals surface area contributed by atoms with E-state index in [1.54, 1.807) is 18.5 Å².